The lowest BCUT2D eigenvalue weighted by Crippen LogP contribution is -1.85. The van der Waals surface area contributed by atoms with Gasteiger partial charge in [0.25, 0.3) is 0 Å². The number of nitrogens with zero attached hydrogens (tertiary/aromatic N) is 1. The highest BCUT2D eigenvalue weighted by molar-refractivity contribution is 7.16. The fraction of sp³-hybridized carbons (Fsp3) is 1.00. The third kappa shape index (κ3) is 0.863. The minimum absolute atomic E-state index is 1.17. The van der Waals surface area contributed by atoms with Gasteiger partial charge in [0.1, 0.15) is 0 Å². The number of hydrogen-bond acceptors (Lipinski definition) is 1. The van der Waals surface area contributed by atoms with Crippen LogP contribution in [0.15, 0.2) is 0 Å². The molecule has 0 spiro atoms. The summed E-state index contributed by atoms with van der Waals surface area (Å²) in [5.41, 5.74) is 0. The molecule has 1 saturated heterocycles. The van der Waals surface area contributed by atoms with Gasteiger partial charge in [0.2, 0.25) is 0 Å². The second kappa shape index (κ2) is 1.24. The molecule has 0 aromatic carbocycles. The molecule has 0 aromatic rings. The van der Waals surface area contributed by atoms with E-state index >= 15 is 0 Å². The molecule has 5 heavy (non-hydrogen) atoms. The molecule has 1 atom stereocenters. The van der Waals surface area contributed by atoms with E-state index in [2.05, 4.69) is 14.1 Å². The number of hydrogen-bond donors (Lipinski definition) is 0. The van der Waals surface area contributed by atoms with Crippen molar-refractivity contribution in [1.29, 1.82) is 0 Å². The molecule has 0 bridgehead atoms. The molecule has 1 aliphatic rings. The van der Waals surface area contributed by atoms with E-state index in [1.807, 2.05) is 0 Å². The molecule has 30 valence electrons. The molecule has 1 nitrogen and oxygen atoms in total. The standard InChI is InChI=1S/C3H8NP/c5-3-4-1-2-4/h1-3,5H2. The summed E-state index contributed by atoms with van der Waals surface area (Å²) >= 11 is 0. The van der Waals surface area contributed by atoms with E-state index < -0.39 is 0 Å². The zero-order valence-corrected chi connectivity index (χ0v) is 4.30. The molecule has 0 saturated carbocycles. The van der Waals surface area contributed by atoms with Gasteiger partial charge in [0.05, 0.1) is 0 Å². The van der Waals surface area contributed by atoms with Gasteiger partial charge in [-0.1, -0.05) is 0 Å². The van der Waals surface area contributed by atoms with Crippen LogP contribution in [0.2, 0.25) is 0 Å². The molecule has 0 aliphatic carbocycles. The van der Waals surface area contributed by atoms with Crippen LogP contribution in [0.25, 0.3) is 0 Å². The second-order valence-corrected chi connectivity index (χ2v) is 1.67. The Balaban J connectivity index is 2.00. The fourth-order valence-electron chi connectivity index (χ4n) is 0.253. The van der Waals surface area contributed by atoms with Crippen molar-refractivity contribution in [1.82, 2.24) is 4.90 Å². The van der Waals surface area contributed by atoms with Crippen molar-refractivity contribution in [2.75, 3.05) is 19.4 Å². The molecular formula is C3H8NP. The zero-order chi connectivity index (χ0) is 3.70. The molecule has 1 fully saturated rings. The maximum Gasteiger partial charge on any atom is 0.0127 e. The van der Waals surface area contributed by atoms with Gasteiger partial charge < -0.3 is 0 Å². The maximum atomic E-state index is 2.68. The summed E-state index contributed by atoms with van der Waals surface area (Å²) in [6.45, 7) is 2.65. The van der Waals surface area contributed by atoms with E-state index in [1.165, 1.54) is 19.4 Å². The highest BCUT2D eigenvalue weighted by Crippen LogP contribution is 2.03. The van der Waals surface area contributed by atoms with Crippen LogP contribution in [0.1, 0.15) is 0 Å². The minimum Gasteiger partial charge on any atom is -0.297 e. The van der Waals surface area contributed by atoms with E-state index in [1.54, 1.807) is 0 Å². The number of rotatable bonds is 1. The Morgan fingerprint density at radius 2 is 2.20 bits per heavy atom. The third-order valence-electron chi connectivity index (χ3n) is 0.798. The van der Waals surface area contributed by atoms with Gasteiger partial charge >= 0.3 is 0 Å². The summed E-state index contributed by atoms with van der Waals surface area (Å²) in [5.74, 6) is 0. The van der Waals surface area contributed by atoms with Gasteiger partial charge in [-0.25, -0.2) is 0 Å². The van der Waals surface area contributed by atoms with E-state index in [4.69, 9.17) is 0 Å². The maximum absolute atomic E-state index is 2.68. The SMILES string of the molecule is PCN1CC1. The van der Waals surface area contributed by atoms with Crippen LogP contribution >= 0.6 is 9.24 Å². The summed E-state index contributed by atoms with van der Waals surface area (Å²) in [4.78, 5) is 2.34. The highest BCUT2D eigenvalue weighted by Gasteiger charge is 2.12. The summed E-state index contributed by atoms with van der Waals surface area (Å²) in [6, 6.07) is 0. The smallest absolute Gasteiger partial charge is 0.0127 e. The van der Waals surface area contributed by atoms with Crippen molar-refractivity contribution in [2.24, 2.45) is 0 Å². The lowest BCUT2D eigenvalue weighted by atomic mass is 11.0. The predicted molar refractivity (Wildman–Crippen MR) is 26.1 cm³/mol. The van der Waals surface area contributed by atoms with Gasteiger partial charge in [0.15, 0.2) is 0 Å². The van der Waals surface area contributed by atoms with E-state index in [0.717, 1.165) is 0 Å². The molecule has 0 aromatic heterocycles. The van der Waals surface area contributed by atoms with Crippen LogP contribution in [0.4, 0.5) is 0 Å². The Bertz CT molecular complexity index is 33.9. The third-order valence-corrected chi connectivity index (χ3v) is 1.31. The summed E-state index contributed by atoms with van der Waals surface area (Å²) in [6.07, 6.45) is 1.17. The first-order valence-electron chi connectivity index (χ1n) is 1.86. The van der Waals surface area contributed by atoms with Gasteiger partial charge in [-0.2, -0.15) is 0 Å². The zero-order valence-electron chi connectivity index (χ0n) is 3.15. The van der Waals surface area contributed by atoms with Crippen molar-refractivity contribution >= 4 is 9.24 Å². The van der Waals surface area contributed by atoms with E-state index in [9.17, 15) is 0 Å². The quantitative estimate of drug-likeness (QED) is 0.326. The summed E-state index contributed by atoms with van der Waals surface area (Å²) in [5, 5.41) is 0. The minimum atomic E-state index is 1.17. The van der Waals surface area contributed by atoms with Crippen molar-refractivity contribution in [3.05, 3.63) is 0 Å². The monoisotopic (exact) mass is 89.0 g/mol. The van der Waals surface area contributed by atoms with Gasteiger partial charge in [-0.15, -0.1) is 9.24 Å². The molecule has 2 heteroatoms. The van der Waals surface area contributed by atoms with Crippen LogP contribution in [-0.2, 0) is 0 Å². The normalized spacial score (nSPS) is 23.4. The molecule has 0 amide bonds. The lowest BCUT2D eigenvalue weighted by Gasteiger charge is -1.81. The summed E-state index contributed by atoms with van der Waals surface area (Å²) in [7, 11) is 2.68. The second-order valence-electron chi connectivity index (χ2n) is 1.30. The summed E-state index contributed by atoms with van der Waals surface area (Å²) < 4.78 is 0. The Morgan fingerprint density at radius 1 is 1.60 bits per heavy atom. The molecule has 1 unspecified atom stereocenters. The van der Waals surface area contributed by atoms with Crippen molar-refractivity contribution in [2.45, 2.75) is 0 Å². The topological polar surface area (TPSA) is 3.01 Å². The van der Waals surface area contributed by atoms with Crippen molar-refractivity contribution in [3.8, 4) is 0 Å². The molecule has 1 aliphatic heterocycles. The Hall–Kier alpha value is 0.390. The largest absolute Gasteiger partial charge is 0.297 e. The Labute approximate surface area is 34.6 Å². The average Bonchev–Trinajstić information content (AvgIpc) is 2.12. The molecular weight excluding hydrogens is 81.0 g/mol. The van der Waals surface area contributed by atoms with Crippen LogP contribution < -0.4 is 0 Å². The molecule has 1 rings (SSSR count). The van der Waals surface area contributed by atoms with Crippen LogP contribution in [0.5, 0.6) is 0 Å². The molecule has 1 heterocycles. The van der Waals surface area contributed by atoms with Crippen LogP contribution in [0, 0.1) is 0 Å². The average molecular weight is 89.1 g/mol. The van der Waals surface area contributed by atoms with Gasteiger partial charge in [0, 0.05) is 19.4 Å². The first kappa shape index (κ1) is 3.58. The van der Waals surface area contributed by atoms with Crippen LogP contribution in [0.3, 0.4) is 0 Å². The Kier molecular flexibility index (Phi) is 0.884. The van der Waals surface area contributed by atoms with Gasteiger partial charge in [-0.3, -0.25) is 4.90 Å². The lowest BCUT2D eigenvalue weighted by molar-refractivity contribution is 0.671. The van der Waals surface area contributed by atoms with E-state index in [-0.39, 0.29) is 0 Å². The highest BCUT2D eigenvalue weighted by atomic mass is 31.0. The van der Waals surface area contributed by atoms with Crippen molar-refractivity contribution < 1.29 is 0 Å². The van der Waals surface area contributed by atoms with Gasteiger partial charge in [-0.05, 0) is 0 Å². The Morgan fingerprint density at radius 3 is 2.20 bits per heavy atom. The van der Waals surface area contributed by atoms with E-state index in [0.29, 0.717) is 0 Å². The predicted octanol–water partition coefficient (Wildman–Crippen LogP) is 0.135. The van der Waals surface area contributed by atoms with Crippen molar-refractivity contribution in [3.63, 3.8) is 0 Å². The first-order valence-corrected chi connectivity index (χ1v) is 2.67. The fourth-order valence-corrected chi connectivity index (χ4v) is 0.618. The van der Waals surface area contributed by atoms with Crippen LogP contribution in [-0.4, -0.2) is 24.3 Å². The molecule has 0 radical (unpaired) electrons. The molecule has 0 N–H and O–H groups in total. The first-order chi connectivity index (χ1) is 2.43.